The number of H-pyrrole nitrogens is 1. The van der Waals surface area contributed by atoms with Crippen LogP contribution in [0.3, 0.4) is 0 Å². The van der Waals surface area contributed by atoms with Gasteiger partial charge in [-0.1, -0.05) is 6.42 Å². The molecular weight excluding hydrogens is 214 g/mol. The van der Waals surface area contributed by atoms with E-state index in [2.05, 4.69) is 9.97 Å². The van der Waals surface area contributed by atoms with E-state index < -0.39 is 0 Å². The molecule has 1 fully saturated rings. The minimum atomic E-state index is -0.304. The predicted molar refractivity (Wildman–Crippen MR) is 67.8 cm³/mol. The molecule has 0 radical (unpaired) electrons. The second-order valence-corrected chi connectivity index (χ2v) is 5.52. The molecule has 1 aromatic heterocycles. The van der Waals surface area contributed by atoms with E-state index in [0.717, 1.165) is 24.4 Å². The van der Waals surface area contributed by atoms with Gasteiger partial charge in [0.05, 0.1) is 11.9 Å². The second kappa shape index (κ2) is 4.78. The van der Waals surface area contributed by atoms with E-state index in [1.807, 2.05) is 20.0 Å². The summed E-state index contributed by atoms with van der Waals surface area (Å²) in [5, 5.41) is 0. The van der Waals surface area contributed by atoms with Gasteiger partial charge in [0.15, 0.2) is 0 Å². The summed E-state index contributed by atoms with van der Waals surface area (Å²) >= 11 is 0. The highest BCUT2D eigenvalue weighted by Crippen LogP contribution is 2.32. The van der Waals surface area contributed by atoms with Crippen LogP contribution in [0.5, 0.6) is 0 Å². The highest BCUT2D eigenvalue weighted by Gasteiger charge is 2.26. The Morgan fingerprint density at radius 1 is 1.47 bits per heavy atom. The van der Waals surface area contributed by atoms with Gasteiger partial charge in [-0.25, -0.2) is 4.98 Å². The molecule has 96 valence electrons. The van der Waals surface area contributed by atoms with Crippen molar-refractivity contribution in [2.45, 2.75) is 57.1 Å². The van der Waals surface area contributed by atoms with Gasteiger partial charge >= 0.3 is 0 Å². The van der Waals surface area contributed by atoms with Gasteiger partial charge in [0.25, 0.3) is 0 Å². The molecule has 0 bridgehead atoms. The lowest BCUT2D eigenvalue weighted by atomic mass is 9.86. The number of hydrogen-bond donors (Lipinski definition) is 2. The SMILES string of the molecule is COC(C)(C)c1cnc(C2CCCC(N)C2)[nH]1. The lowest BCUT2D eigenvalue weighted by molar-refractivity contribution is 0.0157. The molecule has 3 N–H and O–H groups in total. The molecule has 1 saturated carbocycles. The third kappa shape index (κ3) is 2.69. The Bertz CT molecular complexity index is 372. The van der Waals surface area contributed by atoms with Crippen molar-refractivity contribution in [1.29, 1.82) is 0 Å². The third-order valence-electron chi connectivity index (χ3n) is 3.86. The minimum Gasteiger partial charge on any atom is -0.373 e. The van der Waals surface area contributed by atoms with Crippen LogP contribution in [0.25, 0.3) is 0 Å². The molecule has 1 aliphatic carbocycles. The number of nitrogens with two attached hydrogens (primary N) is 1. The normalized spacial score (nSPS) is 26.1. The van der Waals surface area contributed by atoms with Crippen LogP contribution in [0.1, 0.15) is 57.0 Å². The van der Waals surface area contributed by atoms with Gasteiger partial charge < -0.3 is 15.5 Å². The third-order valence-corrected chi connectivity index (χ3v) is 3.86. The molecule has 1 aliphatic rings. The average Bonchev–Trinajstić information content (AvgIpc) is 2.79. The largest absolute Gasteiger partial charge is 0.373 e. The van der Waals surface area contributed by atoms with Gasteiger partial charge in [-0.3, -0.25) is 0 Å². The van der Waals surface area contributed by atoms with Crippen LogP contribution in [0.2, 0.25) is 0 Å². The van der Waals surface area contributed by atoms with E-state index >= 15 is 0 Å². The molecule has 0 spiro atoms. The van der Waals surface area contributed by atoms with Crippen molar-refractivity contribution in [3.63, 3.8) is 0 Å². The maximum atomic E-state index is 6.01. The predicted octanol–water partition coefficient (Wildman–Crippen LogP) is 2.28. The molecule has 2 unspecified atom stereocenters. The Morgan fingerprint density at radius 2 is 2.24 bits per heavy atom. The summed E-state index contributed by atoms with van der Waals surface area (Å²) in [5.41, 5.74) is 6.75. The first-order chi connectivity index (χ1) is 8.03. The van der Waals surface area contributed by atoms with Crippen LogP contribution < -0.4 is 5.73 Å². The first kappa shape index (κ1) is 12.6. The number of hydrogen-bond acceptors (Lipinski definition) is 3. The average molecular weight is 237 g/mol. The molecule has 2 atom stereocenters. The number of nitrogens with zero attached hydrogens (tertiary/aromatic N) is 1. The first-order valence-corrected chi connectivity index (χ1v) is 6.39. The van der Waals surface area contributed by atoms with Crippen LogP contribution in [0.15, 0.2) is 6.20 Å². The summed E-state index contributed by atoms with van der Waals surface area (Å²) in [6, 6.07) is 0.331. The molecule has 1 heterocycles. The maximum absolute atomic E-state index is 6.01. The van der Waals surface area contributed by atoms with Gasteiger partial charge in [0, 0.05) is 19.1 Å². The Hall–Kier alpha value is -0.870. The van der Waals surface area contributed by atoms with Crippen molar-refractivity contribution in [1.82, 2.24) is 9.97 Å². The zero-order valence-electron chi connectivity index (χ0n) is 11.0. The van der Waals surface area contributed by atoms with Crippen molar-refractivity contribution < 1.29 is 4.74 Å². The van der Waals surface area contributed by atoms with E-state index in [0.29, 0.717) is 12.0 Å². The van der Waals surface area contributed by atoms with Crippen molar-refractivity contribution in [2.75, 3.05) is 7.11 Å². The van der Waals surface area contributed by atoms with Crippen LogP contribution in [0.4, 0.5) is 0 Å². The van der Waals surface area contributed by atoms with Crippen molar-refractivity contribution in [2.24, 2.45) is 5.73 Å². The van der Waals surface area contributed by atoms with E-state index in [4.69, 9.17) is 10.5 Å². The molecule has 0 amide bonds. The van der Waals surface area contributed by atoms with Gasteiger partial charge in [-0.2, -0.15) is 0 Å². The molecule has 1 aromatic rings. The van der Waals surface area contributed by atoms with Gasteiger partial charge in [-0.05, 0) is 33.1 Å². The molecule has 0 saturated heterocycles. The molecule has 4 nitrogen and oxygen atoms in total. The summed E-state index contributed by atoms with van der Waals surface area (Å²) in [7, 11) is 1.72. The van der Waals surface area contributed by atoms with Crippen LogP contribution >= 0.6 is 0 Å². The van der Waals surface area contributed by atoms with E-state index in [1.54, 1.807) is 7.11 Å². The van der Waals surface area contributed by atoms with E-state index in [1.165, 1.54) is 12.8 Å². The van der Waals surface area contributed by atoms with E-state index in [9.17, 15) is 0 Å². The number of aromatic nitrogens is 2. The quantitative estimate of drug-likeness (QED) is 0.847. The molecule has 2 rings (SSSR count). The summed E-state index contributed by atoms with van der Waals surface area (Å²) in [6.45, 7) is 4.08. The zero-order valence-corrected chi connectivity index (χ0v) is 11.0. The summed E-state index contributed by atoms with van der Waals surface area (Å²) in [5.74, 6) is 1.56. The number of imidazole rings is 1. The Morgan fingerprint density at radius 3 is 2.88 bits per heavy atom. The highest BCUT2D eigenvalue weighted by atomic mass is 16.5. The summed E-state index contributed by atoms with van der Waals surface area (Å²) < 4.78 is 5.45. The highest BCUT2D eigenvalue weighted by molar-refractivity contribution is 5.12. The van der Waals surface area contributed by atoms with Crippen molar-refractivity contribution in [3.8, 4) is 0 Å². The number of nitrogens with one attached hydrogen (secondary N) is 1. The van der Waals surface area contributed by atoms with Crippen molar-refractivity contribution in [3.05, 3.63) is 17.7 Å². The smallest absolute Gasteiger partial charge is 0.109 e. The van der Waals surface area contributed by atoms with Gasteiger partial charge in [0.1, 0.15) is 11.4 Å². The lowest BCUT2D eigenvalue weighted by Gasteiger charge is -2.25. The number of rotatable bonds is 3. The molecule has 4 heteroatoms. The van der Waals surface area contributed by atoms with Gasteiger partial charge in [-0.15, -0.1) is 0 Å². The summed E-state index contributed by atoms with van der Waals surface area (Å²) in [4.78, 5) is 7.90. The standard InChI is InChI=1S/C13H23N3O/c1-13(2,17-3)11-8-15-12(16-11)9-5-4-6-10(14)7-9/h8-10H,4-7,14H2,1-3H3,(H,15,16). The van der Waals surface area contributed by atoms with E-state index in [-0.39, 0.29) is 5.60 Å². The molecule has 17 heavy (non-hydrogen) atoms. The fraction of sp³-hybridized carbons (Fsp3) is 0.769. The Kier molecular flexibility index (Phi) is 3.54. The lowest BCUT2D eigenvalue weighted by Crippen LogP contribution is -2.27. The van der Waals surface area contributed by atoms with Crippen molar-refractivity contribution >= 4 is 0 Å². The van der Waals surface area contributed by atoms with Crippen LogP contribution in [0, 0.1) is 0 Å². The fourth-order valence-electron chi connectivity index (χ4n) is 2.44. The molecular formula is C13H23N3O. The minimum absolute atomic E-state index is 0.304. The topological polar surface area (TPSA) is 63.9 Å². The van der Waals surface area contributed by atoms with Crippen LogP contribution in [-0.2, 0) is 10.3 Å². The van der Waals surface area contributed by atoms with Gasteiger partial charge in [0.2, 0.25) is 0 Å². The monoisotopic (exact) mass is 237 g/mol. The maximum Gasteiger partial charge on any atom is 0.109 e. The molecule has 0 aliphatic heterocycles. The Balaban J connectivity index is 2.12. The number of aromatic amines is 1. The first-order valence-electron chi connectivity index (χ1n) is 6.39. The Labute approximate surface area is 103 Å². The zero-order chi connectivity index (χ0) is 12.5. The second-order valence-electron chi connectivity index (χ2n) is 5.52. The molecule has 0 aromatic carbocycles. The number of ether oxygens (including phenoxy) is 1. The van der Waals surface area contributed by atoms with Crippen LogP contribution in [-0.4, -0.2) is 23.1 Å². The summed E-state index contributed by atoms with van der Waals surface area (Å²) in [6.07, 6.45) is 6.47. The number of methoxy groups -OCH3 is 1. The fourth-order valence-corrected chi connectivity index (χ4v) is 2.44.